The highest BCUT2D eigenvalue weighted by atomic mass is 16.3. The summed E-state index contributed by atoms with van der Waals surface area (Å²) in [5.74, 6) is 0.525. The number of hydrogen-bond acceptors (Lipinski definition) is 4. The first-order valence-corrected chi connectivity index (χ1v) is 6.80. The molecule has 0 radical (unpaired) electrons. The fraction of sp³-hybridized carbons (Fsp3) is 0.188. The molecular formula is C16H15N3O2. The summed E-state index contributed by atoms with van der Waals surface area (Å²) in [5, 5.41) is 2.86. The molecule has 0 saturated heterocycles. The number of hydrogen-bond donors (Lipinski definition) is 1. The zero-order chi connectivity index (χ0) is 14.8. The highest BCUT2D eigenvalue weighted by Gasteiger charge is 2.10. The van der Waals surface area contributed by atoms with Crippen molar-refractivity contribution in [2.24, 2.45) is 0 Å². The van der Waals surface area contributed by atoms with Crippen LogP contribution in [0.15, 0.2) is 40.9 Å². The SMILES string of the molecule is CCC(=O)Nc1ccc(-c2nc3ncccc3o2)cc1C. The fourth-order valence-corrected chi connectivity index (χ4v) is 2.07. The van der Waals surface area contributed by atoms with E-state index in [0.717, 1.165) is 16.8 Å². The molecule has 2 aromatic heterocycles. The van der Waals surface area contributed by atoms with Gasteiger partial charge in [0.15, 0.2) is 11.2 Å². The van der Waals surface area contributed by atoms with E-state index in [-0.39, 0.29) is 5.91 Å². The minimum Gasteiger partial charge on any atom is -0.434 e. The van der Waals surface area contributed by atoms with Crippen LogP contribution in [0.5, 0.6) is 0 Å². The Labute approximate surface area is 122 Å². The number of anilines is 1. The molecule has 3 aromatic rings. The van der Waals surface area contributed by atoms with Crippen LogP contribution in [0.1, 0.15) is 18.9 Å². The molecule has 5 heteroatoms. The Morgan fingerprint density at radius 2 is 2.19 bits per heavy atom. The average molecular weight is 281 g/mol. The van der Waals surface area contributed by atoms with Crippen molar-refractivity contribution in [3.8, 4) is 11.5 Å². The van der Waals surface area contributed by atoms with Crippen LogP contribution < -0.4 is 5.32 Å². The second-order valence-corrected chi connectivity index (χ2v) is 4.78. The smallest absolute Gasteiger partial charge is 0.228 e. The molecule has 0 saturated carbocycles. The standard InChI is InChI=1S/C16H15N3O2/c1-3-14(20)18-12-7-6-11(9-10(12)2)16-19-15-13(21-16)5-4-8-17-15/h4-9H,3H2,1-2H3,(H,18,20). The van der Waals surface area contributed by atoms with Gasteiger partial charge in [0, 0.05) is 23.9 Å². The maximum absolute atomic E-state index is 11.5. The number of pyridine rings is 1. The third-order valence-corrected chi connectivity index (χ3v) is 3.23. The molecule has 0 aliphatic heterocycles. The normalized spacial score (nSPS) is 10.8. The highest BCUT2D eigenvalue weighted by Crippen LogP contribution is 2.26. The van der Waals surface area contributed by atoms with Gasteiger partial charge in [-0.15, -0.1) is 0 Å². The Bertz CT molecular complexity index is 775. The summed E-state index contributed by atoms with van der Waals surface area (Å²) in [6.07, 6.45) is 2.14. The van der Waals surface area contributed by atoms with Gasteiger partial charge < -0.3 is 9.73 Å². The molecule has 0 spiro atoms. The lowest BCUT2D eigenvalue weighted by atomic mass is 10.1. The van der Waals surface area contributed by atoms with E-state index in [9.17, 15) is 4.79 Å². The molecule has 0 aliphatic rings. The summed E-state index contributed by atoms with van der Waals surface area (Å²) in [4.78, 5) is 20.0. The number of benzene rings is 1. The van der Waals surface area contributed by atoms with Crippen LogP contribution >= 0.6 is 0 Å². The summed E-state index contributed by atoms with van der Waals surface area (Å²) in [6, 6.07) is 9.33. The molecule has 1 aromatic carbocycles. The third-order valence-electron chi connectivity index (χ3n) is 3.23. The van der Waals surface area contributed by atoms with Gasteiger partial charge in [-0.2, -0.15) is 4.98 Å². The van der Waals surface area contributed by atoms with Crippen molar-refractivity contribution >= 4 is 22.8 Å². The minimum atomic E-state index is -0.00286. The lowest BCUT2D eigenvalue weighted by Gasteiger charge is -2.08. The number of carbonyl (C=O) groups excluding carboxylic acids is 1. The fourth-order valence-electron chi connectivity index (χ4n) is 2.07. The molecule has 5 nitrogen and oxygen atoms in total. The number of aryl methyl sites for hydroxylation is 1. The van der Waals surface area contributed by atoms with Crippen LogP contribution in [0, 0.1) is 6.92 Å². The van der Waals surface area contributed by atoms with Gasteiger partial charge in [0.2, 0.25) is 11.8 Å². The second-order valence-electron chi connectivity index (χ2n) is 4.78. The van der Waals surface area contributed by atoms with Gasteiger partial charge in [0.1, 0.15) is 0 Å². The molecule has 2 heterocycles. The van der Waals surface area contributed by atoms with Crippen LogP contribution in [-0.4, -0.2) is 15.9 Å². The van der Waals surface area contributed by atoms with Crippen molar-refractivity contribution in [3.63, 3.8) is 0 Å². The Kier molecular flexibility index (Phi) is 3.39. The first kappa shape index (κ1) is 13.3. The molecule has 21 heavy (non-hydrogen) atoms. The van der Waals surface area contributed by atoms with Crippen molar-refractivity contribution in [1.29, 1.82) is 0 Å². The van der Waals surface area contributed by atoms with Crippen LogP contribution in [0.25, 0.3) is 22.7 Å². The van der Waals surface area contributed by atoms with Crippen LogP contribution in [0.4, 0.5) is 5.69 Å². The summed E-state index contributed by atoms with van der Waals surface area (Å²) in [6.45, 7) is 3.76. The lowest BCUT2D eigenvalue weighted by Crippen LogP contribution is -2.10. The largest absolute Gasteiger partial charge is 0.434 e. The van der Waals surface area contributed by atoms with E-state index in [0.29, 0.717) is 23.5 Å². The van der Waals surface area contributed by atoms with E-state index in [1.54, 1.807) is 6.20 Å². The molecule has 1 amide bonds. The van der Waals surface area contributed by atoms with Gasteiger partial charge in [-0.1, -0.05) is 6.92 Å². The van der Waals surface area contributed by atoms with Crippen molar-refractivity contribution < 1.29 is 9.21 Å². The maximum atomic E-state index is 11.5. The molecular weight excluding hydrogens is 266 g/mol. The maximum Gasteiger partial charge on any atom is 0.228 e. The van der Waals surface area contributed by atoms with Gasteiger partial charge in [0.05, 0.1) is 0 Å². The average Bonchev–Trinajstić information content (AvgIpc) is 2.93. The Morgan fingerprint density at radius 3 is 2.90 bits per heavy atom. The Morgan fingerprint density at radius 1 is 1.33 bits per heavy atom. The number of oxazole rings is 1. The first-order valence-electron chi connectivity index (χ1n) is 6.80. The summed E-state index contributed by atoms with van der Waals surface area (Å²) >= 11 is 0. The monoisotopic (exact) mass is 281 g/mol. The summed E-state index contributed by atoms with van der Waals surface area (Å²) in [5.41, 5.74) is 3.88. The molecule has 0 bridgehead atoms. The number of carbonyl (C=O) groups is 1. The minimum absolute atomic E-state index is 0.00286. The molecule has 0 fully saturated rings. The number of fused-ring (bicyclic) bond motifs is 1. The van der Waals surface area contributed by atoms with E-state index in [1.165, 1.54) is 0 Å². The van der Waals surface area contributed by atoms with Crippen LogP contribution in [0.2, 0.25) is 0 Å². The molecule has 0 atom stereocenters. The van der Waals surface area contributed by atoms with E-state index >= 15 is 0 Å². The molecule has 0 unspecified atom stereocenters. The van der Waals surface area contributed by atoms with Crippen molar-refractivity contribution in [2.45, 2.75) is 20.3 Å². The molecule has 0 aliphatic carbocycles. The van der Waals surface area contributed by atoms with E-state index in [1.807, 2.05) is 44.2 Å². The van der Waals surface area contributed by atoms with E-state index < -0.39 is 0 Å². The van der Waals surface area contributed by atoms with Crippen molar-refractivity contribution in [1.82, 2.24) is 9.97 Å². The number of nitrogens with zero attached hydrogens (tertiary/aromatic N) is 2. The number of amides is 1. The van der Waals surface area contributed by atoms with Crippen LogP contribution in [0.3, 0.4) is 0 Å². The zero-order valence-corrected chi connectivity index (χ0v) is 11.9. The van der Waals surface area contributed by atoms with Crippen LogP contribution in [-0.2, 0) is 4.79 Å². The molecule has 3 rings (SSSR count). The lowest BCUT2D eigenvalue weighted by molar-refractivity contribution is -0.115. The third kappa shape index (κ3) is 2.63. The summed E-state index contributed by atoms with van der Waals surface area (Å²) < 4.78 is 5.69. The molecule has 1 N–H and O–H groups in total. The topological polar surface area (TPSA) is 68.0 Å². The predicted octanol–water partition coefficient (Wildman–Crippen LogP) is 3.55. The predicted molar refractivity (Wildman–Crippen MR) is 80.9 cm³/mol. The van der Waals surface area contributed by atoms with Gasteiger partial charge >= 0.3 is 0 Å². The number of aromatic nitrogens is 2. The van der Waals surface area contributed by atoms with Gasteiger partial charge in [0.25, 0.3) is 0 Å². The zero-order valence-electron chi connectivity index (χ0n) is 11.9. The van der Waals surface area contributed by atoms with Crippen molar-refractivity contribution in [3.05, 3.63) is 42.1 Å². The van der Waals surface area contributed by atoms with Gasteiger partial charge in [-0.3, -0.25) is 4.79 Å². The van der Waals surface area contributed by atoms with Gasteiger partial charge in [-0.25, -0.2) is 4.98 Å². The van der Waals surface area contributed by atoms with Gasteiger partial charge in [-0.05, 0) is 42.8 Å². The van der Waals surface area contributed by atoms with E-state index in [2.05, 4.69) is 15.3 Å². The second kappa shape index (κ2) is 5.36. The van der Waals surface area contributed by atoms with E-state index in [4.69, 9.17) is 4.42 Å². The van der Waals surface area contributed by atoms with Crippen molar-refractivity contribution in [2.75, 3.05) is 5.32 Å². The Balaban J connectivity index is 1.96. The quantitative estimate of drug-likeness (QED) is 0.797. The molecule has 106 valence electrons. The number of nitrogens with one attached hydrogen (secondary N) is 1. The summed E-state index contributed by atoms with van der Waals surface area (Å²) in [7, 11) is 0. The first-order chi connectivity index (χ1) is 10.2. The Hall–Kier alpha value is -2.69. The number of rotatable bonds is 3. The highest BCUT2D eigenvalue weighted by molar-refractivity contribution is 5.91.